The Labute approximate surface area is 162 Å². The average molecular weight is 376 g/mol. The normalized spacial score (nSPS) is 14.0. The third-order valence-electron chi connectivity index (χ3n) is 4.47. The number of carbonyl (C=O) groups excluding carboxylic acids is 1. The van der Waals surface area contributed by atoms with Gasteiger partial charge in [-0.2, -0.15) is 0 Å². The van der Waals surface area contributed by atoms with E-state index in [1.807, 2.05) is 60.0 Å². The van der Waals surface area contributed by atoms with Crippen LogP contribution in [0.25, 0.3) is 17.3 Å². The maximum Gasteiger partial charge on any atom is 0.248 e. The molecule has 5 nitrogen and oxygen atoms in total. The first-order valence-corrected chi connectivity index (χ1v) is 9.87. The van der Waals surface area contributed by atoms with Gasteiger partial charge in [0.05, 0.1) is 5.69 Å². The molecule has 2 aromatic heterocycles. The molecule has 0 bridgehead atoms. The van der Waals surface area contributed by atoms with E-state index in [0.29, 0.717) is 0 Å². The fourth-order valence-corrected chi connectivity index (χ4v) is 3.66. The Morgan fingerprint density at radius 2 is 1.85 bits per heavy atom. The molecular weight excluding hydrogens is 356 g/mol. The minimum atomic E-state index is -0.147. The summed E-state index contributed by atoms with van der Waals surface area (Å²) >= 11 is 1.60. The molecule has 136 valence electrons. The van der Waals surface area contributed by atoms with Crippen molar-refractivity contribution < 1.29 is 4.79 Å². The van der Waals surface area contributed by atoms with Crippen LogP contribution in [0.4, 0.5) is 11.5 Å². The molecule has 4 rings (SSSR count). The predicted molar refractivity (Wildman–Crippen MR) is 111 cm³/mol. The lowest BCUT2D eigenvalue weighted by atomic mass is 10.1. The number of rotatable bonds is 5. The van der Waals surface area contributed by atoms with Crippen molar-refractivity contribution >= 4 is 34.8 Å². The number of nitrogens with one attached hydrogen (secondary N) is 1. The van der Waals surface area contributed by atoms with Crippen LogP contribution in [-0.4, -0.2) is 29.2 Å². The largest absolute Gasteiger partial charge is 0.355 e. The predicted octanol–water partition coefficient (Wildman–Crippen LogP) is 4.46. The van der Waals surface area contributed by atoms with Gasteiger partial charge in [0.25, 0.3) is 0 Å². The zero-order chi connectivity index (χ0) is 18.5. The topological polar surface area (TPSA) is 58.1 Å². The highest BCUT2D eigenvalue weighted by Crippen LogP contribution is 2.22. The van der Waals surface area contributed by atoms with Gasteiger partial charge >= 0.3 is 0 Å². The zero-order valence-electron chi connectivity index (χ0n) is 14.8. The number of aromatic nitrogens is 2. The Bertz CT molecular complexity index is 912. The lowest BCUT2D eigenvalue weighted by Crippen LogP contribution is -2.19. The number of benzene rings is 1. The third-order valence-corrected chi connectivity index (χ3v) is 5.31. The zero-order valence-corrected chi connectivity index (χ0v) is 15.7. The van der Waals surface area contributed by atoms with Gasteiger partial charge in [-0.1, -0.05) is 18.2 Å². The van der Waals surface area contributed by atoms with Gasteiger partial charge in [-0.15, -0.1) is 21.5 Å². The van der Waals surface area contributed by atoms with Crippen molar-refractivity contribution in [1.29, 1.82) is 0 Å². The van der Waals surface area contributed by atoms with Crippen molar-refractivity contribution in [2.45, 2.75) is 12.8 Å². The quantitative estimate of drug-likeness (QED) is 0.668. The van der Waals surface area contributed by atoms with E-state index >= 15 is 0 Å². The molecule has 3 heterocycles. The minimum Gasteiger partial charge on any atom is -0.355 e. The van der Waals surface area contributed by atoms with Crippen molar-refractivity contribution in [3.8, 4) is 11.3 Å². The number of hydrogen-bond donors (Lipinski definition) is 1. The number of nitrogens with zero attached hydrogens (tertiary/aromatic N) is 3. The smallest absolute Gasteiger partial charge is 0.248 e. The van der Waals surface area contributed by atoms with Crippen LogP contribution in [0.1, 0.15) is 17.7 Å². The molecule has 1 amide bonds. The number of carbonyl (C=O) groups is 1. The summed E-state index contributed by atoms with van der Waals surface area (Å²) in [7, 11) is 0. The molecule has 3 aromatic rings. The van der Waals surface area contributed by atoms with Crippen LogP contribution < -0.4 is 10.2 Å². The molecule has 1 N–H and O–H groups in total. The molecule has 1 aliphatic rings. The van der Waals surface area contributed by atoms with Crippen molar-refractivity contribution in [2.75, 3.05) is 23.3 Å². The summed E-state index contributed by atoms with van der Waals surface area (Å²) in [4.78, 5) is 15.3. The van der Waals surface area contributed by atoms with Crippen LogP contribution in [0, 0.1) is 0 Å². The van der Waals surface area contributed by atoms with Gasteiger partial charge < -0.3 is 10.2 Å². The first-order chi connectivity index (χ1) is 13.3. The molecular formula is C21H20N4OS. The Morgan fingerprint density at radius 1 is 1.04 bits per heavy atom. The highest BCUT2D eigenvalue weighted by atomic mass is 32.1. The number of hydrogen-bond acceptors (Lipinski definition) is 5. The summed E-state index contributed by atoms with van der Waals surface area (Å²) in [5.74, 6) is 0.795. The van der Waals surface area contributed by atoms with Gasteiger partial charge in [-0.3, -0.25) is 4.79 Å². The Hall–Kier alpha value is -2.99. The minimum absolute atomic E-state index is 0.147. The van der Waals surface area contributed by atoms with Crippen LogP contribution >= 0.6 is 11.3 Å². The molecule has 6 heteroatoms. The number of anilines is 2. The molecule has 0 radical (unpaired) electrons. The van der Waals surface area contributed by atoms with Crippen LogP contribution in [0.15, 0.2) is 60.0 Å². The monoisotopic (exact) mass is 376 g/mol. The fraction of sp³-hybridized carbons (Fsp3) is 0.190. The Balaban J connectivity index is 1.39. The van der Waals surface area contributed by atoms with E-state index in [1.165, 1.54) is 12.8 Å². The summed E-state index contributed by atoms with van der Waals surface area (Å²) in [5.41, 5.74) is 2.55. The summed E-state index contributed by atoms with van der Waals surface area (Å²) in [6.07, 6.45) is 5.80. The van der Waals surface area contributed by atoms with Crippen molar-refractivity contribution in [2.24, 2.45) is 0 Å². The van der Waals surface area contributed by atoms with E-state index < -0.39 is 0 Å². The summed E-state index contributed by atoms with van der Waals surface area (Å²) in [6, 6.07) is 15.6. The highest BCUT2D eigenvalue weighted by molar-refractivity contribution is 7.10. The lowest BCUT2D eigenvalue weighted by molar-refractivity contribution is -0.111. The molecule has 1 aromatic carbocycles. The van der Waals surface area contributed by atoms with Crippen LogP contribution in [0.3, 0.4) is 0 Å². The van der Waals surface area contributed by atoms with E-state index in [-0.39, 0.29) is 5.91 Å². The maximum absolute atomic E-state index is 12.0. The number of thiophene rings is 1. The molecule has 0 spiro atoms. The van der Waals surface area contributed by atoms with Crippen LogP contribution in [0.2, 0.25) is 0 Å². The molecule has 0 aliphatic carbocycles. The highest BCUT2D eigenvalue weighted by Gasteiger charge is 2.13. The second-order valence-electron chi connectivity index (χ2n) is 6.39. The average Bonchev–Trinajstić information content (AvgIpc) is 3.41. The van der Waals surface area contributed by atoms with Crippen LogP contribution in [0.5, 0.6) is 0 Å². The SMILES string of the molecule is O=C(C=Cc1cccs1)Nc1ccc(-c2ccc(N3CCCC3)nn2)cc1. The molecule has 0 unspecified atom stereocenters. The first kappa shape index (κ1) is 17.4. The van der Waals surface area contributed by atoms with Gasteiger partial charge in [0.1, 0.15) is 0 Å². The molecule has 0 atom stereocenters. The summed E-state index contributed by atoms with van der Waals surface area (Å²) in [5, 5.41) is 13.6. The van der Waals surface area contributed by atoms with Crippen molar-refractivity contribution in [1.82, 2.24) is 10.2 Å². The fourth-order valence-electron chi connectivity index (χ4n) is 3.05. The van der Waals surface area contributed by atoms with E-state index in [0.717, 1.165) is 40.7 Å². The second kappa shape index (κ2) is 8.14. The molecule has 27 heavy (non-hydrogen) atoms. The molecule has 0 saturated carbocycles. The summed E-state index contributed by atoms with van der Waals surface area (Å²) < 4.78 is 0. The van der Waals surface area contributed by atoms with E-state index in [9.17, 15) is 4.79 Å². The second-order valence-corrected chi connectivity index (χ2v) is 7.37. The Morgan fingerprint density at radius 3 is 2.52 bits per heavy atom. The van der Waals surface area contributed by atoms with Crippen molar-refractivity contribution in [3.63, 3.8) is 0 Å². The lowest BCUT2D eigenvalue weighted by Gasteiger charge is -2.15. The number of amides is 1. The standard InChI is InChI=1S/C21H20N4OS/c26-21(12-9-18-4-3-15-27-18)22-17-7-5-16(6-8-17)19-10-11-20(24-23-19)25-13-1-2-14-25/h3-12,15H,1-2,13-14H2,(H,22,26). The van der Waals surface area contributed by atoms with E-state index in [1.54, 1.807) is 17.4 Å². The molecule has 1 aliphatic heterocycles. The molecule has 1 saturated heterocycles. The summed E-state index contributed by atoms with van der Waals surface area (Å²) in [6.45, 7) is 2.12. The van der Waals surface area contributed by atoms with Gasteiger partial charge in [-0.25, -0.2) is 0 Å². The van der Waals surface area contributed by atoms with Crippen LogP contribution in [-0.2, 0) is 4.79 Å². The third kappa shape index (κ3) is 4.41. The molecule has 1 fully saturated rings. The van der Waals surface area contributed by atoms with Gasteiger partial charge in [-0.05, 0) is 54.6 Å². The van der Waals surface area contributed by atoms with Gasteiger partial charge in [0, 0.05) is 35.3 Å². The van der Waals surface area contributed by atoms with E-state index in [4.69, 9.17) is 0 Å². The van der Waals surface area contributed by atoms with Gasteiger partial charge in [0.2, 0.25) is 5.91 Å². The van der Waals surface area contributed by atoms with Crippen molar-refractivity contribution in [3.05, 3.63) is 64.9 Å². The van der Waals surface area contributed by atoms with Gasteiger partial charge in [0.15, 0.2) is 5.82 Å². The van der Waals surface area contributed by atoms with E-state index in [2.05, 4.69) is 20.4 Å². The Kier molecular flexibility index (Phi) is 5.25. The maximum atomic E-state index is 12.0. The first-order valence-electron chi connectivity index (χ1n) is 9.00.